The molecule has 0 atom stereocenters. The minimum Gasteiger partial charge on any atom is -0.497 e. The number of halogens is 2. The summed E-state index contributed by atoms with van der Waals surface area (Å²) in [6.07, 6.45) is 1.56. The first kappa shape index (κ1) is 18.7. The smallest absolute Gasteiger partial charge is 0.340 e. The minimum atomic E-state index is -0.528. The molecular weight excluding hydrogens is 371 g/mol. The van der Waals surface area contributed by atoms with E-state index in [4.69, 9.17) is 21.1 Å². The summed E-state index contributed by atoms with van der Waals surface area (Å²) in [4.78, 5) is 16.4. The Morgan fingerprint density at radius 3 is 2.63 bits per heavy atom. The van der Waals surface area contributed by atoms with E-state index in [-0.39, 0.29) is 11.1 Å². The molecule has 0 spiro atoms. The van der Waals surface area contributed by atoms with E-state index in [9.17, 15) is 9.18 Å². The van der Waals surface area contributed by atoms with Gasteiger partial charge in [-0.15, -0.1) is 0 Å². The normalized spacial score (nSPS) is 10.4. The summed E-state index contributed by atoms with van der Waals surface area (Å²) in [6, 6.07) is 12.8. The van der Waals surface area contributed by atoms with E-state index in [1.165, 1.54) is 20.3 Å². The highest BCUT2D eigenvalue weighted by molar-refractivity contribution is 6.30. The number of rotatable bonds is 5. The Bertz CT molecular complexity index is 995. The van der Waals surface area contributed by atoms with Gasteiger partial charge in [0.25, 0.3) is 0 Å². The average Bonchev–Trinajstić information content (AvgIpc) is 2.68. The lowest BCUT2D eigenvalue weighted by atomic mass is 10.1. The second-order valence-electron chi connectivity index (χ2n) is 5.55. The molecule has 27 heavy (non-hydrogen) atoms. The van der Waals surface area contributed by atoms with Gasteiger partial charge in [0, 0.05) is 16.8 Å². The molecular formula is C20H16ClFN2O3. The molecule has 0 fully saturated rings. The maximum absolute atomic E-state index is 14.4. The van der Waals surface area contributed by atoms with Crippen LogP contribution in [-0.4, -0.2) is 25.2 Å². The van der Waals surface area contributed by atoms with Crippen molar-refractivity contribution >= 4 is 28.9 Å². The summed E-state index contributed by atoms with van der Waals surface area (Å²) in [5, 5.41) is 3.43. The van der Waals surface area contributed by atoms with Gasteiger partial charge in [-0.1, -0.05) is 11.6 Å². The van der Waals surface area contributed by atoms with Crippen molar-refractivity contribution in [3.05, 3.63) is 71.1 Å². The molecule has 7 heteroatoms. The van der Waals surface area contributed by atoms with Crippen LogP contribution in [0.4, 0.5) is 15.8 Å². The molecule has 0 saturated carbocycles. The Kier molecular flexibility index (Phi) is 5.57. The van der Waals surface area contributed by atoms with Gasteiger partial charge in [-0.3, -0.25) is 4.98 Å². The van der Waals surface area contributed by atoms with Crippen molar-refractivity contribution in [1.82, 2.24) is 4.98 Å². The summed E-state index contributed by atoms with van der Waals surface area (Å²) < 4.78 is 24.4. The Balaban J connectivity index is 2.06. The van der Waals surface area contributed by atoms with Gasteiger partial charge in [0.05, 0.1) is 36.9 Å². The van der Waals surface area contributed by atoms with E-state index in [0.29, 0.717) is 27.8 Å². The fraction of sp³-hybridized carbons (Fsp3) is 0.100. The van der Waals surface area contributed by atoms with Gasteiger partial charge in [-0.05, 0) is 48.5 Å². The van der Waals surface area contributed by atoms with Gasteiger partial charge in [0.2, 0.25) is 0 Å². The number of nitrogens with zero attached hydrogens (tertiary/aromatic N) is 1. The molecule has 2 aromatic carbocycles. The number of aromatic nitrogens is 1. The first-order valence-electron chi connectivity index (χ1n) is 7.97. The zero-order valence-corrected chi connectivity index (χ0v) is 15.4. The topological polar surface area (TPSA) is 60.5 Å². The molecule has 1 heterocycles. The molecule has 1 N–H and O–H groups in total. The lowest BCUT2D eigenvalue weighted by Gasteiger charge is -2.15. The second-order valence-corrected chi connectivity index (χ2v) is 5.99. The first-order chi connectivity index (χ1) is 13.0. The summed E-state index contributed by atoms with van der Waals surface area (Å²) in [5.41, 5.74) is 1.96. The number of hydrogen-bond acceptors (Lipinski definition) is 5. The Morgan fingerprint density at radius 1 is 1.11 bits per heavy atom. The van der Waals surface area contributed by atoms with E-state index in [0.717, 1.165) is 0 Å². The molecule has 138 valence electrons. The Hall–Kier alpha value is -3.12. The lowest BCUT2D eigenvalue weighted by molar-refractivity contribution is 0.0601. The fourth-order valence-electron chi connectivity index (χ4n) is 2.59. The fourth-order valence-corrected chi connectivity index (χ4v) is 2.74. The van der Waals surface area contributed by atoms with Crippen LogP contribution >= 0.6 is 11.6 Å². The van der Waals surface area contributed by atoms with Gasteiger partial charge >= 0.3 is 5.97 Å². The molecule has 0 aliphatic heterocycles. The largest absolute Gasteiger partial charge is 0.497 e. The van der Waals surface area contributed by atoms with E-state index in [1.807, 2.05) is 0 Å². The van der Waals surface area contributed by atoms with E-state index >= 15 is 0 Å². The van der Waals surface area contributed by atoms with Gasteiger partial charge in [0.15, 0.2) is 0 Å². The van der Waals surface area contributed by atoms with E-state index < -0.39 is 11.8 Å². The molecule has 0 unspecified atom stereocenters. The highest BCUT2D eigenvalue weighted by atomic mass is 35.5. The van der Waals surface area contributed by atoms with E-state index in [2.05, 4.69) is 10.3 Å². The average molecular weight is 387 g/mol. The molecule has 3 rings (SSSR count). The van der Waals surface area contributed by atoms with Crippen LogP contribution in [0.2, 0.25) is 5.02 Å². The first-order valence-corrected chi connectivity index (χ1v) is 8.35. The molecule has 0 radical (unpaired) electrons. The summed E-state index contributed by atoms with van der Waals surface area (Å²) in [5.74, 6) is -0.511. The monoisotopic (exact) mass is 386 g/mol. The molecule has 0 amide bonds. The van der Waals surface area contributed by atoms with Crippen molar-refractivity contribution in [2.45, 2.75) is 0 Å². The third-order valence-electron chi connectivity index (χ3n) is 3.90. The van der Waals surface area contributed by atoms with Crippen molar-refractivity contribution in [3.8, 4) is 17.0 Å². The number of pyridine rings is 1. The number of esters is 1. The zero-order chi connectivity index (χ0) is 19.4. The summed E-state index contributed by atoms with van der Waals surface area (Å²) in [6.45, 7) is 0. The molecule has 0 aliphatic rings. The van der Waals surface area contributed by atoms with E-state index in [1.54, 1.807) is 48.7 Å². The molecule has 0 aliphatic carbocycles. The number of ether oxygens (including phenoxy) is 2. The molecule has 5 nitrogen and oxygen atoms in total. The second kappa shape index (κ2) is 8.05. The van der Waals surface area contributed by atoms with Crippen LogP contribution in [-0.2, 0) is 4.74 Å². The highest BCUT2D eigenvalue weighted by Gasteiger charge is 2.17. The molecule has 0 saturated heterocycles. The van der Waals surface area contributed by atoms with Crippen molar-refractivity contribution in [1.29, 1.82) is 0 Å². The van der Waals surface area contributed by atoms with Crippen LogP contribution in [0.3, 0.4) is 0 Å². The minimum absolute atomic E-state index is 0.281. The predicted octanol–water partition coefficient (Wildman–Crippen LogP) is 5.08. The molecule has 3 aromatic rings. The van der Waals surface area contributed by atoms with Crippen LogP contribution in [0.5, 0.6) is 5.75 Å². The number of benzene rings is 2. The summed E-state index contributed by atoms with van der Waals surface area (Å²) >= 11 is 5.83. The molecule has 0 bridgehead atoms. The molecule has 1 aromatic heterocycles. The predicted molar refractivity (Wildman–Crippen MR) is 102 cm³/mol. The van der Waals surface area contributed by atoms with Crippen LogP contribution in [0.15, 0.2) is 54.7 Å². The Morgan fingerprint density at radius 2 is 1.93 bits per heavy atom. The van der Waals surface area contributed by atoms with Crippen molar-refractivity contribution in [2.24, 2.45) is 0 Å². The van der Waals surface area contributed by atoms with Crippen molar-refractivity contribution in [2.75, 3.05) is 19.5 Å². The number of anilines is 2. The van der Waals surface area contributed by atoms with Crippen LogP contribution in [0.25, 0.3) is 11.3 Å². The quantitative estimate of drug-likeness (QED) is 0.619. The zero-order valence-electron chi connectivity index (χ0n) is 14.6. The lowest BCUT2D eigenvalue weighted by Crippen LogP contribution is -2.07. The van der Waals surface area contributed by atoms with Gasteiger partial charge in [-0.25, -0.2) is 9.18 Å². The third-order valence-corrected chi connectivity index (χ3v) is 4.13. The number of carbonyl (C=O) groups is 1. The van der Waals surface area contributed by atoms with Crippen molar-refractivity contribution in [3.63, 3.8) is 0 Å². The van der Waals surface area contributed by atoms with Crippen molar-refractivity contribution < 1.29 is 18.7 Å². The van der Waals surface area contributed by atoms with Crippen LogP contribution < -0.4 is 10.1 Å². The maximum Gasteiger partial charge on any atom is 0.340 e. The SMILES string of the molecule is COC(=O)c1cc(OC)ccc1Nc1cccnc1-c1ccc(Cl)cc1F. The van der Waals surface area contributed by atoms with Gasteiger partial charge in [0.1, 0.15) is 11.6 Å². The number of methoxy groups -OCH3 is 2. The third kappa shape index (κ3) is 4.01. The summed E-state index contributed by atoms with van der Waals surface area (Å²) in [7, 11) is 2.80. The number of carbonyl (C=O) groups excluding carboxylic acids is 1. The van der Waals surface area contributed by atoms with Gasteiger partial charge < -0.3 is 14.8 Å². The van der Waals surface area contributed by atoms with Crippen LogP contribution in [0, 0.1) is 5.82 Å². The van der Waals surface area contributed by atoms with Gasteiger partial charge in [-0.2, -0.15) is 0 Å². The number of nitrogens with one attached hydrogen (secondary N) is 1. The highest BCUT2D eigenvalue weighted by Crippen LogP contribution is 2.33. The van der Waals surface area contributed by atoms with Crippen LogP contribution in [0.1, 0.15) is 10.4 Å². The standard InChI is InChI=1S/C20H16ClFN2O3/c1-26-13-6-8-17(15(11-13)20(25)27-2)24-18-4-3-9-23-19(18)14-7-5-12(21)10-16(14)22/h3-11,24H,1-2H3. The Labute approximate surface area is 160 Å². The maximum atomic E-state index is 14.4. The number of hydrogen-bond donors (Lipinski definition) is 1.